The van der Waals surface area contributed by atoms with E-state index in [0.717, 1.165) is 22.0 Å². The van der Waals surface area contributed by atoms with Gasteiger partial charge in [0.25, 0.3) is 6.04 Å². The molecule has 2 atom stereocenters. The number of fused-ring (bicyclic) bond motifs is 1. The van der Waals surface area contributed by atoms with Gasteiger partial charge in [0.05, 0.1) is 5.92 Å². The molecule has 1 aromatic heterocycles. The van der Waals surface area contributed by atoms with Crippen LogP contribution in [0.25, 0.3) is 10.9 Å². The summed E-state index contributed by atoms with van der Waals surface area (Å²) >= 11 is 0. The Bertz CT molecular complexity index is 1170. The van der Waals surface area contributed by atoms with Crippen LogP contribution >= 0.6 is 0 Å². The van der Waals surface area contributed by atoms with E-state index < -0.39 is 22.7 Å². The van der Waals surface area contributed by atoms with Crippen LogP contribution in [0.2, 0.25) is 0 Å². The standard InChI is InChI=1S/C24H20N2O3/c1-25-16-20(19-14-8-9-15-21(19)25)22(17-10-4-2-5-11-17)23(26(28)29)24(27)18-12-6-3-7-13-18/h2-16,22-23H,1H3/t22-,23+/m0/s1. The molecule has 0 bridgehead atoms. The van der Waals surface area contributed by atoms with Crippen molar-refractivity contribution >= 4 is 16.7 Å². The molecule has 144 valence electrons. The highest BCUT2D eigenvalue weighted by atomic mass is 16.6. The molecular formula is C24H20N2O3. The highest BCUT2D eigenvalue weighted by Gasteiger charge is 2.42. The fraction of sp³-hybridized carbons (Fsp3) is 0.125. The lowest BCUT2D eigenvalue weighted by molar-refractivity contribution is -0.507. The number of ketones is 1. The molecule has 0 N–H and O–H groups in total. The number of benzene rings is 3. The Morgan fingerprint density at radius 1 is 0.897 bits per heavy atom. The molecule has 0 spiro atoms. The van der Waals surface area contributed by atoms with Gasteiger partial charge in [-0.15, -0.1) is 0 Å². The van der Waals surface area contributed by atoms with Crippen molar-refractivity contribution in [3.63, 3.8) is 0 Å². The summed E-state index contributed by atoms with van der Waals surface area (Å²) in [7, 11) is 1.91. The van der Waals surface area contributed by atoms with Gasteiger partial charge < -0.3 is 4.57 Å². The molecule has 4 aromatic rings. The Labute approximate surface area is 168 Å². The monoisotopic (exact) mass is 384 g/mol. The quantitative estimate of drug-likeness (QED) is 0.271. The lowest BCUT2D eigenvalue weighted by Crippen LogP contribution is -2.36. The third kappa shape index (κ3) is 3.43. The molecule has 0 unspecified atom stereocenters. The number of hydrogen-bond acceptors (Lipinski definition) is 3. The molecule has 4 rings (SSSR count). The summed E-state index contributed by atoms with van der Waals surface area (Å²) in [5, 5.41) is 13.1. The fourth-order valence-corrected chi connectivity index (χ4v) is 3.96. The van der Waals surface area contributed by atoms with Crippen molar-refractivity contribution in [2.75, 3.05) is 0 Å². The Hall–Kier alpha value is -3.73. The van der Waals surface area contributed by atoms with Crippen LogP contribution in [0.15, 0.2) is 91.1 Å². The predicted octanol–water partition coefficient (Wildman–Crippen LogP) is 4.84. The summed E-state index contributed by atoms with van der Waals surface area (Å²) in [6.45, 7) is 0. The van der Waals surface area contributed by atoms with E-state index in [0.29, 0.717) is 5.56 Å². The SMILES string of the molecule is Cn1cc([C@H](c2ccccc2)[C@H](C(=O)c2ccccc2)[N+](=O)[O-])c2ccccc21. The maximum atomic E-state index is 13.3. The van der Waals surface area contributed by atoms with E-state index in [1.54, 1.807) is 30.3 Å². The van der Waals surface area contributed by atoms with E-state index in [1.165, 1.54) is 0 Å². The highest BCUT2D eigenvalue weighted by molar-refractivity contribution is 6.01. The molecule has 3 aromatic carbocycles. The Kier molecular flexibility index (Phi) is 4.96. The number of carbonyl (C=O) groups excluding carboxylic acids is 1. The van der Waals surface area contributed by atoms with E-state index >= 15 is 0 Å². The van der Waals surface area contributed by atoms with Crippen LogP contribution in [0.3, 0.4) is 0 Å². The van der Waals surface area contributed by atoms with Crippen LogP contribution in [0.1, 0.15) is 27.4 Å². The van der Waals surface area contributed by atoms with Gasteiger partial charge in [0.15, 0.2) is 0 Å². The molecule has 0 saturated heterocycles. The molecule has 1 heterocycles. The Morgan fingerprint density at radius 2 is 1.48 bits per heavy atom. The second-order valence-corrected chi connectivity index (χ2v) is 7.06. The molecule has 0 radical (unpaired) electrons. The summed E-state index contributed by atoms with van der Waals surface area (Å²) in [4.78, 5) is 25.0. The average Bonchev–Trinajstić information content (AvgIpc) is 3.09. The summed E-state index contributed by atoms with van der Waals surface area (Å²) in [5.41, 5.74) is 2.84. The second-order valence-electron chi connectivity index (χ2n) is 7.06. The van der Waals surface area contributed by atoms with Crippen molar-refractivity contribution in [3.05, 3.63) is 118 Å². The predicted molar refractivity (Wildman–Crippen MR) is 113 cm³/mol. The summed E-state index contributed by atoms with van der Waals surface area (Å²) in [6, 6.07) is 24.1. The first-order valence-corrected chi connectivity index (χ1v) is 9.39. The highest BCUT2D eigenvalue weighted by Crippen LogP contribution is 2.36. The molecule has 0 amide bonds. The van der Waals surface area contributed by atoms with Gasteiger partial charge in [0.1, 0.15) is 0 Å². The van der Waals surface area contributed by atoms with Crippen molar-refractivity contribution in [1.29, 1.82) is 0 Å². The zero-order valence-corrected chi connectivity index (χ0v) is 15.9. The van der Waals surface area contributed by atoms with Gasteiger partial charge in [0.2, 0.25) is 5.78 Å². The maximum absolute atomic E-state index is 13.3. The van der Waals surface area contributed by atoms with Crippen LogP contribution in [0.5, 0.6) is 0 Å². The molecule has 29 heavy (non-hydrogen) atoms. The normalized spacial score (nSPS) is 13.1. The number of nitro groups is 1. The third-order valence-electron chi connectivity index (χ3n) is 5.29. The first kappa shape index (κ1) is 18.6. The zero-order valence-electron chi connectivity index (χ0n) is 15.9. The first-order chi connectivity index (χ1) is 14.1. The summed E-state index contributed by atoms with van der Waals surface area (Å²) in [6.07, 6.45) is 1.90. The maximum Gasteiger partial charge on any atom is 0.285 e. The largest absolute Gasteiger partial charge is 0.350 e. The topological polar surface area (TPSA) is 65.1 Å². The molecule has 5 heteroatoms. The summed E-state index contributed by atoms with van der Waals surface area (Å²) in [5.74, 6) is -1.19. The minimum atomic E-state index is -1.43. The Balaban J connectivity index is 1.94. The van der Waals surface area contributed by atoms with Crippen molar-refractivity contribution in [2.45, 2.75) is 12.0 Å². The smallest absolute Gasteiger partial charge is 0.285 e. The fourth-order valence-electron chi connectivity index (χ4n) is 3.96. The van der Waals surface area contributed by atoms with E-state index in [1.807, 2.05) is 72.4 Å². The number of Topliss-reactive ketones (excluding diaryl/α,β-unsaturated/α-hetero) is 1. The van der Waals surface area contributed by atoms with Crippen LogP contribution in [0, 0.1) is 10.1 Å². The first-order valence-electron chi connectivity index (χ1n) is 9.39. The molecular weight excluding hydrogens is 364 g/mol. The van der Waals surface area contributed by atoms with Crippen molar-refractivity contribution < 1.29 is 9.72 Å². The van der Waals surface area contributed by atoms with Crippen molar-refractivity contribution in [1.82, 2.24) is 4.57 Å². The zero-order chi connectivity index (χ0) is 20.4. The number of rotatable bonds is 6. The average molecular weight is 384 g/mol. The van der Waals surface area contributed by atoms with E-state index in [2.05, 4.69) is 0 Å². The van der Waals surface area contributed by atoms with E-state index in [9.17, 15) is 14.9 Å². The molecule has 5 nitrogen and oxygen atoms in total. The lowest BCUT2D eigenvalue weighted by Gasteiger charge is -2.21. The van der Waals surface area contributed by atoms with Crippen LogP contribution in [-0.2, 0) is 7.05 Å². The number of aromatic nitrogens is 1. The molecule has 0 aliphatic carbocycles. The van der Waals surface area contributed by atoms with Crippen molar-refractivity contribution in [3.8, 4) is 0 Å². The molecule has 0 saturated carbocycles. The van der Waals surface area contributed by atoms with Gasteiger partial charge in [0, 0.05) is 34.6 Å². The van der Waals surface area contributed by atoms with Crippen LogP contribution in [-0.4, -0.2) is 21.3 Å². The second kappa shape index (κ2) is 7.72. The van der Waals surface area contributed by atoms with Gasteiger partial charge in [-0.05, 0) is 17.2 Å². The molecule has 0 fully saturated rings. The molecule has 0 aliphatic rings. The Morgan fingerprint density at radius 3 is 2.14 bits per heavy atom. The summed E-state index contributed by atoms with van der Waals surface area (Å²) < 4.78 is 1.95. The van der Waals surface area contributed by atoms with Gasteiger partial charge in [-0.25, -0.2) is 0 Å². The lowest BCUT2D eigenvalue weighted by atomic mass is 9.82. The minimum Gasteiger partial charge on any atom is -0.350 e. The number of carbonyl (C=O) groups is 1. The number of aryl methyl sites for hydroxylation is 1. The van der Waals surface area contributed by atoms with Gasteiger partial charge in [-0.1, -0.05) is 78.9 Å². The number of hydrogen-bond donors (Lipinski definition) is 0. The van der Waals surface area contributed by atoms with Crippen molar-refractivity contribution in [2.24, 2.45) is 7.05 Å². The van der Waals surface area contributed by atoms with E-state index in [4.69, 9.17) is 0 Å². The molecule has 0 aliphatic heterocycles. The van der Waals surface area contributed by atoms with Crippen LogP contribution < -0.4 is 0 Å². The third-order valence-corrected chi connectivity index (χ3v) is 5.29. The number of para-hydroxylation sites is 1. The van der Waals surface area contributed by atoms with Gasteiger partial charge in [-0.2, -0.15) is 0 Å². The van der Waals surface area contributed by atoms with Crippen LogP contribution in [0.4, 0.5) is 0 Å². The van der Waals surface area contributed by atoms with Gasteiger partial charge in [-0.3, -0.25) is 14.9 Å². The van der Waals surface area contributed by atoms with E-state index in [-0.39, 0.29) is 0 Å². The van der Waals surface area contributed by atoms with Gasteiger partial charge >= 0.3 is 0 Å². The minimum absolute atomic E-state index is 0.343. The number of nitrogens with zero attached hydrogens (tertiary/aromatic N) is 2.